The molecule has 0 saturated carbocycles. The van der Waals surface area contributed by atoms with Gasteiger partial charge in [0.15, 0.2) is 0 Å². The number of rotatable bonds is 4. The van der Waals surface area contributed by atoms with Gasteiger partial charge in [0.1, 0.15) is 0 Å². The van der Waals surface area contributed by atoms with Crippen molar-refractivity contribution >= 4 is 50.8 Å². The number of carbonyl (C=O) groups excluding carboxylic acids is 1. The SMILES string of the molecule is CC/C(=N\NC(=O)c1ccc(Br)cc1)c1ccc(Cl)cc1Cl. The van der Waals surface area contributed by atoms with Crippen molar-refractivity contribution in [3.8, 4) is 0 Å². The quantitative estimate of drug-likeness (QED) is 0.550. The highest BCUT2D eigenvalue weighted by Crippen LogP contribution is 2.22. The van der Waals surface area contributed by atoms with Crippen molar-refractivity contribution in [3.05, 3.63) is 68.1 Å². The molecule has 3 nitrogen and oxygen atoms in total. The maximum atomic E-state index is 12.1. The van der Waals surface area contributed by atoms with E-state index < -0.39 is 0 Å². The molecule has 2 aromatic carbocycles. The number of benzene rings is 2. The summed E-state index contributed by atoms with van der Waals surface area (Å²) in [7, 11) is 0. The van der Waals surface area contributed by atoms with E-state index in [1.54, 1.807) is 42.5 Å². The lowest BCUT2D eigenvalue weighted by Crippen LogP contribution is -2.20. The Balaban J connectivity index is 2.18. The lowest BCUT2D eigenvalue weighted by Gasteiger charge is -2.08. The minimum Gasteiger partial charge on any atom is -0.267 e. The monoisotopic (exact) mass is 398 g/mol. The third-order valence-electron chi connectivity index (χ3n) is 2.98. The van der Waals surface area contributed by atoms with Crippen LogP contribution in [0.25, 0.3) is 0 Å². The van der Waals surface area contributed by atoms with Gasteiger partial charge in [-0.2, -0.15) is 5.10 Å². The number of carbonyl (C=O) groups is 1. The molecular formula is C16H13BrCl2N2O. The molecule has 0 atom stereocenters. The maximum Gasteiger partial charge on any atom is 0.271 e. The van der Waals surface area contributed by atoms with Crippen LogP contribution < -0.4 is 5.43 Å². The van der Waals surface area contributed by atoms with Crippen molar-refractivity contribution in [1.82, 2.24) is 5.43 Å². The van der Waals surface area contributed by atoms with E-state index in [4.69, 9.17) is 23.2 Å². The largest absolute Gasteiger partial charge is 0.271 e. The summed E-state index contributed by atoms with van der Waals surface area (Å²) in [6.45, 7) is 1.94. The lowest BCUT2D eigenvalue weighted by atomic mass is 10.1. The van der Waals surface area contributed by atoms with E-state index in [2.05, 4.69) is 26.5 Å². The molecule has 0 aliphatic carbocycles. The molecule has 1 amide bonds. The minimum absolute atomic E-state index is 0.275. The Bertz CT molecular complexity index is 715. The normalized spacial score (nSPS) is 11.4. The summed E-state index contributed by atoms with van der Waals surface area (Å²) in [5, 5.41) is 5.24. The zero-order valence-electron chi connectivity index (χ0n) is 11.7. The summed E-state index contributed by atoms with van der Waals surface area (Å²) in [6.07, 6.45) is 0.627. The molecule has 1 N–H and O–H groups in total. The fourth-order valence-corrected chi connectivity index (χ4v) is 2.62. The van der Waals surface area contributed by atoms with Crippen LogP contribution >= 0.6 is 39.1 Å². The molecule has 0 saturated heterocycles. The molecule has 0 unspecified atom stereocenters. The molecule has 114 valence electrons. The Kier molecular flexibility index (Phi) is 6.00. The van der Waals surface area contributed by atoms with E-state index >= 15 is 0 Å². The molecule has 2 rings (SSSR count). The van der Waals surface area contributed by atoms with Gasteiger partial charge in [0.2, 0.25) is 0 Å². The first-order chi connectivity index (χ1) is 10.5. The van der Waals surface area contributed by atoms with Crippen LogP contribution in [0, 0.1) is 0 Å². The Morgan fingerprint density at radius 3 is 2.45 bits per heavy atom. The molecule has 0 aliphatic heterocycles. The van der Waals surface area contributed by atoms with E-state index in [0.717, 1.165) is 10.0 Å². The first-order valence-corrected chi connectivity index (χ1v) is 8.14. The van der Waals surface area contributed by atoms with Crippen LogP contribution in [0.4, 0.5) is 0 Å². The number of halogens is 3. The number of nitrogens with one attached hydrogen (secondary N) is 1. The fraction of sp³-hybridized carbons (Fsp3) is 0.125. The second-order valence-electron chi connectivity index (χ2n) is 4.48. The summed E-state index contributed by atoms with van der Waals surface area (Å²) < 4.78 is 0.912. The van der Waals surface area contributed by atoms with Gasteiger partial charge in [-0.3, -0.25) is 4.79 Å². The summed E-state index contributed by atoms with van der Waals surface area (Å²) >= 11 is 15.4. The average molecular weight is 400 g/mol. The molecule has 0 aromatic heterocycles. The highest BCUT2D eigenvalue weighted by Gasteiger charge is 2.09. The molecule has 0 heterocycles. The van der Waals surface area contributed by atoms with Gasteiger partial charge in [0.25, 0.3) is 5.91 Å². The zero-order chi connectivity index (χ0) is 16.1. The van der Waals surface area contributed by atoms with E-state index in [-0.39, 0.29) is 5.91 Å². The molecule has 22 heavy (non-hydrogen) atoms. The van der Waals surface area contributed by atoms with Crippen LogP contribution in [0.15, 0.2) is 52.0 Å². The number of nitrogens with zero attached hydrogens (tertiary/aromatic N) is 1. The standard InChI is InChI=1S/C16H13BrCl2N2O/c1-2-15(13-8-7-12(18)9-14(13)19)20-21-16(22)10-3-5-11(17)6-4-10/h3-9H,2H2,1H3,(H,21,22)/b20-15+. The van der Waals surface area contributed by atoms with E-state index in [1.165, 1.54) is 0 Å². The Morgan fingerprint density at radius 2 is 1.86 bits per heavy atom. The predicted molar refractivity (Wildman–Crippen MR) is 94.9 cm³/mol. The molecule has 0 bridgehead atoms. The second-order valence-corrected chi connectivity index (χ2v) is 6.24. The third kappa shape index (κ3) is 4.32. The number of hydrogen-bond donors (Lipinski definition) is 1. The lowest BCUT2D eigenvalue weighted by molar-refractivity contribution is 0.0955. The van der Waals surface area contributed by atoms with Gasteiger partial charge < -0.3 is 0 Å². The predicted octanol–water partition coefficient (Wildman–Crippen LogP) is 5.30. The van der Waals surface area contributed by atoms with Gasteiger partial charge in [0.05, 0.1) is 10.7 Å². The summed E-state index contributed by atoms with van der Waals surface area (Å²) in [6, 6.07) is 12.2. The van der Waals surface area contributed by atoms with Crippen LogP contribution in [0.3, 0.4) is 0 Å². The Labute approximate surface area is 147 Å². The van der Waals surface area contributed by atoms with Crippen LogP contribution in [-0.2, 0) is 0 Å². The van der Waals surface area contributed by atoms with Crippen molar-refractivity contribution in [3.63, 3.8) is 0 Å². The highest BCUT2D eigenvalue weighted by molar-refractivity contribution is 9.10. The highest BCUT2D eigenvalue weighted by atomic mass is 79.9. The molecule has 6 heteroatoms. The van der Waals surface area contributed by atoms with Crippen LogP contribution in [0.1, 0.15) is 29.3 Å². The smallest absolute Gasteiger partial charge is 0.267 e. The van der Waals surface area contributed by atoms with Crippen LogP contribution in [0.5, 0.6) is 0 Å². The van der Waals surface area contributed by atoms with Gasteiger partial charge in [-0.1, -0.05) is 52.1 Å². The van der Waals surface area contributed by atoms with Gasteiger partial charge in [0, 0.05) is 20.6 Å². The molecule has 2 aromatic rings. The van der Waals surface area contributed by atoms with Crippen molar-refractivity contribution in [1.29, 1.82) is 0 Å². The Hall–Kier alpha value is -1.36. The topological polar surface area (TPSA) is 41.5 Å². The number of hydrogen-bond acceptors (Lipinski definition) is 2. The summed E-state index contributed by atoms with van der Waals surface area (Å²) in [4.78, 5) is 12.1. The minimum atomic E-state index is -0.275. The first-order valence-electron chi connectivity index (χ1n) is 6.59. The molecule has 0 radical (unpaired) electrons. The molecule has 0 aliphatic rings. The number of amides is 1. The fourth-order valence-electron chi connectivity index (χ4n) is 1.84. The first kappa shape index (κ1) is 17.0. The van der Waals surface area contributed by atoms with Gasteiger partial charge in [-0.15, -0.1) is 0 Å². The molecule has 0 spiro atoms. The van der Waals surface area contributed by atoms with Crippen LogP contribution in [-0.4, -0.2) is 11.6 Å². The van der Waals surface area contributed by atoms with Gasteiger partial charge in [-0.05, 0) is 42.8 Å². The van der Waals surface area contributed by atoms with Crippen molar-refractivity contribution in [2.75, 3.05) is 0 Å². The second kappa shape index (κ2) is 7.77. The Morgan fingerprint density at radius 1 is 1.18 bits per heavy atom. The van der Waals surface area contributed by atoms with E-state index in [9.17, 15) is 4.79 Å². The average Bonchev–Trinajstić information content (AvgIpc) is 2.50. The van der Waals surface area contributed by atoms with Crippen molar-refractivity contribution in [2.24, 2.45) is 5.10 Å². The third-order valence-corrected chi connectivity index (χ3v) is 4.05. The van der Waals surface area contributed by atoms with Crippen molar-refractivity contribution < 1.29 is 4.79 Å². The van der Waals surface area contributed by atoms with Gasteiger partial charge in [-0.25, -0.2) is 5.43 Å². The zero-order valence-corrected chi connectivity index (χ0v) is 14.8. The molecular weight excluding hydrogens is 387 g/mol. The maximum absolute atomic E-state index is 12.1. The summed E-state index contributed by atoms with van der Waals surface area (Å²) in [5.74, 6) is -0.275. The summed E-state index contributed by atoms with van der Waals surface area (Å²) in [5.41, 5.74) is 4.53. The van der Waals surface area contributed by atoms with E-state index in [1.807, 2.05) is 6.92 Å². The van der Waals surface area contributed by atoms with Crippen molar-refractivity contribution in [2.45, 2.75) is 13.3 Å². The number of hydrazone groups is 1. The molecule has 0 fully saturated rings. The van der Waals surface area contributed by atoms with E-state index in [0.29, 0.717) is 27.7 Å². The van der Waals surface area contributed by atoms with Gasteiger partial charge >= 0.3 is 0 Å². The van der Waals surface area contributed by atoms with Crippen LogP contribution in [0.2, 0.25) is 10.0 Å².